The largest absolute Gasteiger partial charge is 0.379 e. The zero-order valence-electron chi connectivity index (χ0n) is 10.2. The molecule has 0 bridgehead atoms. The maximum Gasteiger partial charge on any atom is 0.107 e. The molecule has 2 heteroatoms. The minimum absolute atomic E-state index is 0.524. The van der Waals surface area contributed by atoms with Crippen molar-refractivity contribution >= 4 is 0 Å². The zero-order chi connectivity index (χ0) is 11.3. The van der Waals surface area contributed by atoms with Crippen molar-refractivity contribution in [2.45, 2.75) is 33.4 Å². The number of hydrogen-bond acceptors (Lipinski definition) is 1. The number of methoxy groups -OCH3 is 1. The summed E-state index contributed by atoms with van der Waals surface area (Å²) in [6.07, 6.45) is 0. The standard InChI is InChI=1S/C13H21NO/c1-10-5-6-13(11(2)7-10)8-14-12(3)9-15-4/h5-7,12,14H,8-9H2,1-4H3/p+1. The quantitative estimate of drug-likeness (QED) is 0.777. The Morgan fingerprint density at radius 3 is 2.67 bits per heavy atom. The lowest BCUT2D eigenvalue weighted by Gasteiger charge is -2.11. The summed E-state index contributed by atoms with van der Waals surface area (Å²) in [5, 5.41) is 2.32. The Hall–Kier alpha value is -0.860. The Balaban J connectivity index is 2.50. The number of ether oxygens (including phenoxy) is 1. The first-order chi connectivity index (χ1) is 7.13. The van der Waals surface area contributed by atoms with Crippen LogP contribution in [-0.4, -0.2) is 19.8 Å². The summed E-state index contributed by atoms with van der Waals surface area (Å²) in [6, 6.07) is 7.16. The first-order valence-electron chi connectivity index (χ1n) is 5.52. The van der Waals surface area contributed by atoms with Crippen LogP contribution in [-0.2, 0) is 11.3 Å². The van der Waals surface area contributed by atoms with Crippen molar-refractivity contribution in [3.63, 3.8) is 0 Å². The summed E-state index contributed by atoms with van der Waals surface area (Å²) < 4.78 is 5.11. The van der Waals surface area contributed by atoms with Crippen molar-refractivity contribution in [1.29, 1.82) is 0 Å². The molecule has 84 valence electrons. The van der Waals surface area contributed by atoms with E-state index < -0.39 is 0 Å². The number of benzene rings is 1. The van der Waals surface area contributed by atoms with Gasteiger partial charge in [0.15, 0.2) is 0 Å². The Labute approximate surface area is 92.6 Å². The summed E-state index contributed by atoms with van der Waals surface area (Å²) in [5.74, 6) is 0. The zero-order valence-corrected chi connectivity index (χ0v) is 10.2. The topological polar surface area (TPSA) is 25.8 Å². The number of nitrogens with two attached hydrogens (primary N) is 1. The SMILES string of the molecule is COCC(C)[NH2+]Cc1ccc(C)cc1C. The van der Waals surface area contributed by atoms with Gasteiger partial charge in [-0.2, -0.15) is 0 Å². The van der Waals surface area contributed by atoms with Crippen molar-refractivity contribution in [3.8, 4) is 0 Å². The summed E-state index contributed by atoms with van der Waals surface area (Å²) >= 11 is 0. The second kappa shape index (κ2) is 5.89. The molecule has 0 aliphatic carbocycles. The monoisotopic (exact) mass is 208 g/mol. The maximum absolute atomic E-state index is 5.11. The molecule has 0 aromatic heterocycles. The predicted octanol–water partition coefficient (Wildman–Crippen LogP) is 1.40. The van der Waals surface area contributed by atoms with Crippen LogP contribution in [0.3, 0.4) is 0 Å². The molecule has 0 spiro atoms. The highest BCUT2D eigenvalue weighted by Gasteiger charge is 2.05. The van der Waals surface area contributed by atoms with Crippen molar-refractivity contribution in [2.24, 2.45) is 0 Å². The molecule has 1 unspecified atom stereocenters. The minimum Gasteiger partial charge on any atom is -0.379 e. The molecule has 0 heterocycles. The van der Waals surface area contributed by atoms with Crippen LogP contribution in [0.2, 0.25) is 0 Å². The number of rotatable bonds is 5. The van der Waals surface area contributed by atoms with E-state index in [1.54, 1.807) is 7.11 Å². The van der Waals surface area contributed by atoms with Crippen molar-refractivity contribution in [2.75, 3.05) is 13.7 Å². The highest BCUT2D eigenvalue weighted by molar-refractivity contribution is 5.29. The summed E-state index contributed by atoms with van der Waals surface area (Å²) in [6.45, 7) is 8.35. The Kier molecular flexibility index (Phi) is 4.79. The second-order valence-electron chi connectivity index (χ2n) is 4.30. The molecular formula is C13H22NO+. The van der Waals surface area contributed by atoms with E-state index in [1.165, 1.54) is 16.7 Å². The van der Waals surface area contributed by atoms with E-state index in [0.717, 1.165) is 13.2 Å². The van der Waals surface area contributed by atoms with E-state index in [1.807, 2.05) is 0 Å². The molecule has 1 rings (SSSR count). The normalized spacial score (nSPS) is 12.8. The van der Waals surface area contributed by atoms with Gasteiger partial charge in [0, 0.05) is 12.7 Å². The van der Waals surface area contributed by atoms with Gasteiger partial charge in [0.2, 0.25) is 0 Å². The van der Waals surface area contributed by atoms with E-state index in [4.69, 9.17) is 4.74 Å². The number of hydrogen-bond donors (Lipinski definition) is 1. The number of quaternary nitrogens is 1. The van der Waals surface area contributed by atoms with Crippen LogP contribution in [0.15, 0.2) is 18.2 Å². The average Bonchev–Trinajstić information content (AvgIpc) is 2.17. The second-order valence-corrected chi connectivity index (χ2v) is 4.30. The predicted molar refractivity (Wildman–Crippen MR) is 62.9 cm³/mol. The Bertz CT molecular complexity index is 309. The van der Waals surface area contributed by atoms with Crippen LogP contribution >= 0.6 is 0 Å². The number of aryl methyl sites for hydroxylation is 2. The van der Waals surface area contributed by atoms with Crippen LogP contribution in [0.4, 0.5) is 0 Å². The molecule has 0 radical (unpaired) electrons. The lowest BCUT2D eigenvalue weighted by molar-refractivity contribution is -0.702. The van der Waals surface area contributed by atoms with Crippen LogP contribution in [0.1, 0.15) is 23.6 Å². The van der Waals surface area contributed by atoms with Gasteiger partial charge in [0.25, 0.3) is 0 Å². The van der Waals surface area contributed by atoms with E-state index >= 15 is 0 Å². The van der Waals surface area contributed by atoms with Gasteiger partial charge in [-0.25, -0.2) is 0 Å². The molecule has 2 N–H and O–H groups in total. The highest BCUT2D eigenvalue weighted by Crippen LogP contribution is 2.08. The third-order valence-electron chi connectivity index (χ3n) is 2.67. The molecule has 0 fully saturated rings. The Morgan fingerprint density at radius 1 is 1.33 bits per heavy atom. The average molecular weight is 208 g/mol. The molecule has 1 aromatic rings. The minimum atomic E-state index is 0.524. The molecule has 2 nitrogen and oxygen atoms in total. The molecular weight excluding hydrogens is 186 g/mol. The maximum atomic E-state index is 5.11. The fourth-order valence-corrected chi connectivity index (χ4v) is 1.73. The van der Waals surface area contributed by atoms with E-state index in [0.29, 0.717) is 6.04 Å². The van der Waals surface area contributed by atoms with E-state index in [2.05, 4.69) is 44.3 Å². The highest BCUT2D eigenvalue weighted by atomic mass is 16.5. The smallest absolute Gasteiger partial charge is 0.107 e. The molecule has 0 saturated heterocycles. The molecule has 0 aliphatic heterocycles. The fourth-order valence-electron chi connectivity index (χ4n) is 1.73. The molecule has 1 aromatic carbocycles. The van der Waals surface area contributed by atoms with Crippen molar-refractivity contribution in [1.82, 2.24) is 0 Å². The van der Waals surface area contributed by atoms with Gasteiger partial charge in [0.05, 0.1) is 6.61 Å². The van der Waals surface area contributed by atoms with Gasteiger partial charge >= 0.3 is 0 Å². The van der Waals surface area contributed by atoms with Gasteiger partial charge in [-0.05, 0) is 26.3 Å². The van der Waals surface area contributed by atoms with Gasteiger partial charge in [-0.1, -0.05) is 23.8 Å². The lowest BCUT2D eigenvalue weighted by atomic mass is 10.1. The van der Waals surface area contributed by atoms with E-state index in [9.17, 15) is 0 Å². The molecule has 0 aliphatic rings. The van der Waals surface area contributed by atoms with Crippen LogP contribution < -0.4 is 5.32 Å². The third kappa shape index (κ3) is 4.02. The van der Waals surface area contributed by atoms with Gasteiger partial charge in [-0.3, -0.25) is 0 Å². The van der Waals surface area contributed by atoms with Crippen LogP contribution in [0.5, 0.6) is 0 Å². The molecule has 0 saturated carbocycles. The summed E-state index contributed by atoms with van der Waals surface area (Å²) in [4.78, 5) is 0. The first kappa shape index (κ1) is 12.2. The van der Waals surface area contributed by atoms with Crippen LogP contribution in [0, 0.1) is 13.8 Å². The van der Waals surface area contributed by atoms with Gasteiger partial charge < -0.3 is 10.1 Å². The first-order valence-corrected chi connectivity index (χ1v) is 5.52. The third-order valence-corrected chi connectivity index (χ3v) is 2.67. The van der Waals surface area contributed by atoms with Crippen LogP contribution in [0.25, 0.3) is 0 Å². The van der Waals surface area contributed by atoms with E-state index in [-0.39, 0.29) is 0 Å². The summed E-state index contributed by atoms with van der Waals surface area (Å²) in [7, 11) is 1.75. The van der Waals surface area contributed by atoms with Gasteiger partial charge in [0.1, 0.15) is 12.6 Å². The summed E-state index contributed by atoms with van der Waals surface area (Å²) in [5.41, 5.74) is 4.14. The molecule has 15 heavy (non-hydrogen) atoms. The fraction of sp³-hybridized carbons (Fsp3) is 0.538. The Morgan fingerprint density at radius 2 is 2.07 bits per heavy atom. The van der Waals surface area contributed by atoms with Crippen molar-refractivity contribution in [3.05, 3.63) is 34.9 Å². The lowest BCUT2D eigenvalue weighted by Crippen LogP contribution is -2.88. The molecule has 0 amide bonds. The van der Waals surface area contributed by atoms with Crippen molar-refractivity contribution < 1.29 is 10.1 Å². The molecule has 1 atom stereocenters. The van der Waals surface area contributed by atoms with Gasteiger partial charge in [-0.15, -0.1) is 0 Å².